The third kappa shape index (κ3) is 4.41. The van der Waals surface area contributed by atoms with Crippen molar-refractivity contribution in [1.29, 1.82) is 0 Å². The van der Waals surface area contributed by atoms with Crippen molar-refractivity contribution in [2.24, 2.45) is 0 Å². The Bertz CT molecular complexity index is 1280. The molecular weight excluding hydrogens is 446 g/mol. The van der Waals surface area contributed by atoms with Crippen LogP contribution in [0.1, 0.15) is 5.56 Å². The molecule has 0 aliphatic carbocycles. The smallest absolute Gasteiger partial charge is 0.261 e. The van der Waals surface area contributed by atoms with Crippen LogP contribution in [0.2, 0.25) is 0 Å². The van der Waals surface area contributed by atoms with E-state index in [1.54, 1.807) is 30.3 Å². The van der Waals surface area contributed by atoms with Gasteiger partial charge in [0.15, 0.2) is 5.75 Å². The van der Waals surface area contributed by atoms with Crippen LogP contribution in [0.15, 0.2) is 82.3 Å². The summed E-state index contributed by atoms with van der Waals surface area (Å²) in [6, 6.07) is 20.1. The first-order chi connectivity index (χ1) is 14.5. The Kier molecular flexibility index (Phi) is 5.63. The molecule has 0 aliphatic rings. The maximum absolute atomic E-state index is 12.7. The number of halogens is 1. The number of para-hydroxylation sites is 2. The third-order valence-corrected chi connectivity index (χ3v) is 5.00. The van der Waals surface area contributed by atoms with Gasteiger partial charge in [-0.05, 0) is 49.4 Å². The lowest BCUT2D eigenvalue weighted by Crippen LogP contribution is -2.28. The average molecular weight is 464 g/mol. The molecule has 0 fully saturated rings. The van der Waals surface area contributed by atoms with E-state index >= 15 is 0 Å². The van der Waals surface area contributed by atoms with E-state index in [1.807, 2.05) is 43.3 Å². The number of aryl methyl sites for hydroxylation is 1. The third-order valence-electron chi connectivity index (χ3n) is 4.51. The highest BCUT2D eigenvalue weighted by Crippen LogP contribution is 2.29. The number of benzene rings is 3. The first-order valence-corrected chi connectivity index (χ1v) is 10.1. The molecule has 7 heteroatoms. The molecule has 0 unspecified atom stereocenters. The van der Waals surface area contributed by atoms with Crippen LogP contribution >= 0.6 is 15.9 Å². The van der Waals surface area contributed by atoms with Gasteiger partial charge < -0.3 is 10.1 Å². The number of aromatic nitrogens is 2. The van der Waals surface area contributed by atoms with Crippen molar-refractivity contribution in [3.8, 4) is 11.5 Å². The summed E-state index contributed by atoms with van der Waals surface area (Å²) in [5.41, 5.74) is 1.95. The number of hydrogen-bond donors (Lipinski definition) is 1. The van der Waals surface area contributed by atoms with Crippen molar-refractivity contribution >= 4 is 38.4 Å². The number of carbonyl (C=O) groups excluding carboxylic acids is 1. The van der Waals surface area contributed by atoms with Gasteiger partial charge in [0.05, 0.1) is 22.9 Å². The summed E-state index contributed by atoms with van der Waals surface area (Å²) in [7, 11) is 0. The van der Waals surface area contributed by atoms with E-state index in [9.17, 15) is 9.59 Å². The zero-order valence-corrected chi connectivity index (χ0v) is 17.7. The summed E-state index contributed by atoms with van der Waals surface area (Å²) in [6.45, 7) is 1.84. The topological polar surface area (TPSA) is 73.2 Å². The molecule has 0 bridgehead atoms. The molecule has 6 nitrogen and oxygen atoms in total. The maximum atomic E-state index is 12.7. The van der Waals surface area contributed by atoms with Gasteiger partial charge in [-0.3, -0.25) is 14.2 Å². The summed E-state index contributed by atoms with van der Waals surface area (Å²) >= 11 is 3.36. The fraction of sp³-hybridized carbons (Fsp3) is 0.0870. The zero-order valence-electron chi connectivity index (χ0n) is 16.1. The summed E-state index contributed by atoms with van der Waals surface area (Å²) in [6.07, 6.45) is 1.38. The number of ether oxygens (including phenoxy) is 1. The molecule has 150 valence electrons. The van der Waals surface area contributed by atoms with E-state index < -0.39 is 0 Å². The van der Waals surface area contributed by atoms with Crippen molar-refractivity contribution in [3.05, 3.63) is 93.4 Å². The largest absolute Gasteiger partial charge is 0.455 e. The number of rotatable bonds is 5. The minimum atomic E-state index is -0.354. The molecule has 1 aromatic heterocycles. The number of anilines is 1. The van der Waals surface area contributed by atoms with Crippen molar-refractivity contribution in [3.63, 3.8) is 0 Å². The lowest BCUT2D eigenvalue weighted by molar-refractivity contribution is -0.116. The molecule has 3 aromatic carbocycles. The van der Waals surface area contributed by atoms with Crippen LogP contribution in [0.5, 0.6) is 11.5 Å². The molecule has 4 aromatic rings. The monoisotopic (exact) mass is 463 g/mol. The fourth-order valence-corrected chi connectivity index (χ4v) is 3.34. The molecule has 0 aliphatic heterocycles. The Hall–Kier alpha value is -3.45. The summed E-state index contributed by atoms with van der Waals surface area (Å²) in [5.74, 6) is 0.832. The second kappa shape index (κ2) is 8.51. The Labute approximate surface area is 181 Å². The highest BCUT2D eigenvalue weighted by molar-refractivity contribution is 9.10. The average Bonchev–Trinajstić information content (AvgIpc) is 2.73. The summed E-state index contributed by atoms with van der Waals surface area (Å²) in [5, 5.41) is 3.26. The van der Waals surface area contributed by atoms with Crippen LogP contribution in [0, 0.1) is 6.92 Å². The molecule has 0 saturated heterocycles. The molecule has 0 atom stereocenters. The van der Waals surface area contributed by atoms with Crippen molar-refractivity contribution < 1.29 is 9.53 Å². The van der Waals surface area contributed by atoms with Gasteiger partial charge in [0.25, 0.3) is 5.56 Å². The standard InChI is InChI=1S/C23H18BrN3O3/c1-15-6-9-17(10-7-15)30-21-5-3-2-4-20(21)26-22(28)13-27-14-25-19-11-8-16(24)12-18(19)23(27)29/h2-12,14H,13H2,1H3,(H,26,28). The number of nitrogens with one attached hydrogen (secondary N) is 1. The number of hydrogen-bond acceptors (Lipinski definition) is 4. The van der Waals surface area contributed by atoms with Crippen molar-refractivity contribution in [2.75, 3.05) is 5.32 Å². The second-order valence-corrected chi connectivity index (χ2v) is 7.71. The Balaban J connectivity index is 1.54. The molecule has 1 heterocycles. The highest BCUT2D eigenvalue weighted by atomic mass is 79.9. The van der Waals surface area contributed by atoms with Gasteiger partial charge in [-0.15, -0.1) is 0 Å². The number of nitrogens with zero attached hydrogens (tertiary/aromatic N) is 2. The summed E-state index contributed by atoms with van der Waals surface area (Å²) < 4.78 is 7.97. The first-order valence-electron chi connectivity index (χ1n) is 9.28. The maximum Gasteiger partial charge on any atom is 0.261 e. The van der Waals surface area contributed by atoms with Gasteiger partial charge in [-0.25, -0.2) is 4.98 Å². The first kappa shape index (κ1) is 19.8. The SMILES string of the molecule is Cc1ccc(Oc2ccccc2NC(=O)Cn2cnc3ccc(Br)cc3c2=O)cc1. The lowest BCUT2D eigenvalue weighted by Gasteiger charge is -2.13. The molecule has 0 radical (unpaired) electrons. The molecule has 1 amide bonds. The van der Waals surface area contributed by atoms with E-state index in [1.165, 1.54) is 10.9 Å². The predicted octanol–water partition coefficient (Wildman–Crippen LogP) is 4.90. The molecular formula is C23H18BrN3O3. The van der Waals surface area contributed by atoms with E-state index in [-0.39, 0.29) is 18.0 Å². The predicted molar refractivity (Wildman–Crippen MR) is 120 cm³/mol. The molecule has 30 heavy (non-hydrogen) atoms. The number of amides is 1. The molecule has 1 N–H and O–H groups in total. The quantitative estimate of drug-likeness (QED) is 0.456. The normalized spacial score (nSPS) is 10.7. The van der Waals surface area contributed by atoms with Crippen LogP contribution in [-0.2, 0) is 11.3 Å². The van der Waals surface area contributed by atoms with Gasteiger partial charge in [0, 0.05) is 4.47 Å². The van der Waals surface area contributed by atoms with Gasteiger partial charge in [-0.2, -0.15) is 0 Å². The van der Waals surface area contributed by atoms with Gasteiger partial charge in [0.1, 0.15) is 12.3 Å². The number of fused-ring (bicyclic) bond motifs is 1. The molecule has 4 rings (SSSR count). The van der Waals surface area contributed by atoms with Gasteiger partial charge in [0.2, 0.25) is 5.91 Å². The minimum Gasteiger partial charge on any atom is -0.455 e. The van der Waals surface area contributed by atoms with Crippen molar-refractivity contribution in [2.45, 2.75) is 13.5 Å². The van der Waals surface area contributed by atoms with Crippen LogP contribution in [0.3, 0.4) is 0 Å². The van der Waals surface area contributed by atoms with Crippen LogP contribution in [-0.4, -0.2) is 15.5 Å². The zero-order chi connectivity index (χ0) is 21.1. The number of carbonyl (C=O) groups is 1. The van der Waals surface area contributed by atoms with Crippen LogP contribution < -0.4 is 15.6 Å². The molecule has 0 spiro atoms. The van der Waals surface area contributed by atoms with Gasteiger partial charge in [-0.1, -0.05) is 45.8 Å². The van der Waals surface area contributed by atoms with Crippen molar-refractivity contribution in [1.82, 2.24) is 9.55 Å². The Morgan fingerprint density at radius 1 is 1.10 bits per heavy atom. The Morgan fingerprint density at radius 2 is 1.87 bits per heavy atom. The van der Waals surface area contributed by atoms with E-state index in [2.05, 4.69) is 26.2 Å². The van der Waals surface area contributed by atoms with Crippen LogP contribution in [0.4, 0.5) is 5.69 Å². The minimum absolute atomic E-state index is 0.160. The van der Waals surface area contributed by atoms with E-state index in [4.69, 9.17) is 4.74 Å². The lowest BCUT2D eigenvalue weighted by atomic mass is 10.2. The van der Waals surface area contributed by atoms with Gasteiger partial charge >= 0.3 is 0 Å². The highest BCUT2D eigenvalue weighted by Gasteiger charge is 2.12. The van der Waals surface area contributed by atoms with E-state index in [0.717, 1.165) is 10.0 Å². The second-order valence-electron chi connectivity index (χ2n) is 6.80. The molecule has 0 saturated carbocycles. The Morgan fingerprint density at radius 3 is 2.67 bits per heavy atom. The summed E-state index contributed by atoms with van der Waals surface area (Å²) in [4.78, 5) is 29.6. The fourth-order valence-electron chi connectivity index (χ4n) is 2.98. The van der Waals surface area contributed by atoms with Crippen LogP contribution in [0.25, 0.3) is 10.9 Å². The van der Waals surface area contributed by atoms with E-state index in [0.29, 0.717) is 28.1 Å².